The van der Waals surface area contributed by atoms with Crippen molar-refractivity contribution in [2.75, 3.05) is 19.6 Å². The molecule has 0 amide bonds. The zero-order valence-corrected chi connectivity index (χ0v) is 11.8. The highest BCUT2D eigenvalue weighted by Gasteiger charge is 2.26. The number of nitrogens with one attached hydrogen (secondary N) is 1. The van der Waals surface area contributed by atoms with Crippen LogP contribution in [0.3, 0.4) is 0 Å². The smallest absolute Gasteiger partial charge is 0.0220 e. The molecule has 0 radical (unpaired) electrons. The monoisotopic (exact) mass is 238 g/mol. The van der Waals surface area contributed by atoms with Crippen molar-refractivity contribution < 1.29 is 0 Å². The molecule has 1 N–H and O–H groups in total. The molecule has 2 rings (SSSR count). The van der Waals surface area contributed by atoms with E-state index in [1.807, 2.05) is 0 Å². The summed E-state index contributed by atoms with van der Waals surface area (Å²) in [7, 11) is 0. The number of nitrogens with zero attached hydrogens (tertiary/aromatic N) is 1. The highest BCUT2D eigenvalue weighted by Crippen LogP contribution is 2.28. The SMILES string of the molecule is CC(C)NCC1CCCCN1CC1CCCC1. The van der Waals surface area contributed by atoms with Gasteiger partial charge in [-0.1, -0.05) is 33.1 Å². The standard InChI is InChI=1S/C15H30N2/c1-13(2)16-11-15-9-5-6-10-17(15)12-14-7-3-4-8-14/h13-16H,3-12H2,1-2H3. The van der Waals surface area contributed by atoms with E-state index in [4.69, 9.17) is 0 Å². The maximum absolute atomic E-state index is 3.63. The number of hydrogen-bond acceptors (Lipinski definition) is 2. The number of likely N-dealkylation sites (tertiary alicyclic amines) is 1. The van der Waals surface area contributed by atoms with Gasteiger partial charge in [-0.15, -0.1) is 0 Å². The number of piperidine rings is 1. The number of rotatable bonds is 5. The molecule has 1 saturated heterocycles. The molecular formula is C15H30N2. The molecule has 1 unspecified atom stereocenters. The Morgan fingerprint density at radius 1 is 1.06 bits per heavy atom. The average molecular weight is 238 g/mol. The molecule has 1 heterocycles. The first-order valence-corrected chi connectivity index (χ1v) is 7.73. The van der Waals surface area contributed by atoms with Crippen LogP contribution in [0.1, 0.15) is 58.8 Å². The van der Waals surface area contributed by atoms with Gasteiger partial charge in [0.1, 0.15) is 0 Å². The van der Waals surface area contributed by atoms with Crippen LogP contribution in [0.2, 0.25) is 0 Å². The molecule has 17 heavy (non-hydrogen) atoms. The van der Waals surface area contributed by atoms with E-state index in [1.165, 1.54) is 64.6 Å². The lowest BCUT2D eigenvalue weighted by molar-refractivity contribution is 0.122. The topological polar surface area (TPSA) is 15.3 Å². The first kappa shape index (κ1) is 13.4. The van der Waals surface area contributed by atoms with E-state index in [1.54, 1.807) is 0 Å². The second-order valence-electron chi connectivity index (χ2n) is 6.36. The molecule has 1 saturated carbocycles. The fraction of sp³-hybridized carbons (Fsp3) is 1.00. The molecule has 2 fully saturated rings. The van der Waals surface area contributed by atoms with Gasteiger partial charge >= 0.3 is 0 Å². The van der Waals surface area contributed by atoms with Crippen LogP contribution in [0.15, 0.2) is 0 Å². The molecule has 2 aliphatic rings. The van der Waals surface area contributed by atoms with Crippen LogP contribution < -0.4 is 5.32 Å². The first-order valence-electron chi connectivity index (χ1n) is 7.73. The maximum atomic E-state index is 3.63. The van der Waals surface area contributed by atoms with Crippen molar-refractivity contribution in [2.24, 2.45) is 5.92 Å². The molecule has 0 spiro atoms. The van der Waals surface area contributed by atoms with Crippen LogP contribution in [0.4, 0.5) is 0 Å². The minimum atomic E-state index is 0.630. The molecule has 1 aliphatic heterocycles. The predicted molar refractivity (Wildman–Crippen MR) is 74.3 cm³/mol. The fourth-order valence-corrected chi connectivity index (χ4v) is 3.43. The van der Waals surface area contributed by atoms with Crippen LogP contribution >= 0.6 is 0 Å². The molecule has 100 valence electrons. The molecule has 2 heteroatoms. The first-order chi connectivity index (χ1) is 8.25. The van der Waals surface area contributed by atoms with Gasteiger partial charge in [0.25, 0.3) is 0 Å². The van der Waals surface area contributed by atoms with Crippen LogP contribution in [-0.2, 0) is 0 Å². The van der Waals surface area contributed by atoms with Gasteiger partial charge in [0.2, 0.25) is 0 Å². The minimum absolute atomic E-state index is 0.630. The van der Waals surface area contributed by atoms with Crippen molar-refractivity contribution >= 4 is 0 Å². The van der Waals surface area contributed by atoms with Gasteiger partial charge < -0.3 is 5.32 Å². The van der Waals surface area contributed by atoms with Gasteiger partial charge in [0.05, 0.1) is 0 Å². The van der Waals surface area contributed by atoms with E-state index in [0.717, 1.165) is 12.0 Å². The van der Waals surface area contributed by atoms with Crippen molar-refractivity contribution in [1.82, 2.24) is 10.2 Å². The van der Waals surface area contributed by atoms with Gasteiger partial charge in [0.15, 0.2) is 0 Å². The van der Waals surface area contributed by atoms with Crippen molar-refractivity contribution in [3.05, 3.63) is 0 Å². The van der Waals surface area contributed by atoms with Crippen LogP contribution in [0, 0.1) is 5.92 Å². The summed E-state index contributed by atoms with van der Waals surface area (Å²) >= 11 is 0. The second kappa shape index (κ2) is 6.75. The van der Waals surface area contributed by atoms with Crippen molar-refractivity contribution in [2.45, 2.75) is 70.9 Å². The summed E-state index contributed by atoms with van der Waals surface area (Å²) in [6.07, 6.45) is 10.2. The van der Waals surface area contributed by atoms with E-state index in [9.17, 15) is 0 Å². The Hall–Kier alpha value is -0.0800. The van der Waals surface area contributed by atoms with Gasteiger partial charge in [-0.3, -0.25) is 4.90 Å². The lowest BCUT2D eigenvalue weighted by Gasteiger charge is -2.37. The minimum Gasteiger partial charge on any atom is -0.313 e. The van der Waals surface area contributed by atoms with Crippen molar-refractivity contribution in [3.63, 3.8) is 0 Å². The maximum Gasteiger partial charge on any atom is 0.0220 e. The van der Waals surface area contributed by atoms with Crippen molar-refractivity contribution in [1.29, 1.82) is 0 Å². The summed E-state index contributed by atoms with van der Waals surface area (Å²) in [6, 6.07) is 1.44. The Balaban J connectivity index is 1.78. The summed E-state index contributed by atoms with van der Waals surface area (Å²) < 4.78 is 0. The summed E-state index contributed by atoms with van der Waals surface area (Å²) in [6.45, 7) is 8.43. The average Bonchev–Trinajstić information content (AvgIpc) is 2.80. The molecular weight excluding hydrogens is 208 g/mol. The summed E-state index contributed by atoms with van der Waals surface area (Å²) in [5.41, 5.74) is 0. The summed E-state index contributed by atoms with van der Waals surface area (Å²) in [4.78, 5) is 2.79. The summed E-state index contributed by atoms with van der Waals surface area (Å²) in [5, 5.41) is 3.63. The molecule has 2 nitrogen and oxygen atoms in total. The molecule has 0 bridgehead atoms. The van der Waals surface area contributed by atoms with E-state index in [2.05, 4.69) is 24.1 Å². The molecule has 0 aromatic rings. The second-order valence-corrected chi connectivity index (χ2v) is 6.36. The number of hydrogen-bond donors (Lipinski definition) is 1. The Morgan fingerprint density at radius 3 is 2.47 bits per heavy atom. The lowest BCUT2D eigenvalue weighted by Crippen LogP contribution is -2.48. The van der Waals surface area contributed by atoms with E-state index >= 15 is 0 Å². The third kappa shape index (κ3) is 4.26. The Labute approximate surface area is 107 Å². The Kier molecular flexibility index (Phi) is 5.30. The normalized spacial score (nSPS) is 28.1. The highest BCUT2D eigenvalue weighted by molar-refractivity contribution is 4.82. The quantitative estimate of drug-likeness (QED) is 0.792. The Bertz CT molecular complexity index is 209. The third-order valence-corrected chi connectivity index (χ3v) is 4.48. The molecule has 0 aromatic carbocycles. The van der Waals surface area contributed by atoms with Crippen LogP contribution in [0.5, 0.6) is 0 Å². The van der Waals surface area contributed by atoms with Gasteiger partial charge in [-0.2, -0.15) is 0 Å². The molecule has 1 aliphatic carbocycles. The Morgan fingerprint density at radius 2 is 1.76 bits per heavy atom. The molecule has 0 aromatic heterocycles. The van der Waals surface area contributed by atoms with Crippen LogP contribution in [-0.4, -0.2) is 36.6 Å². The van der Waals surface area contributed by atoms with E-state index in [0.29, 0.717) is 6.04 Å². The largest absolute Gasteiger partial charge is 0.313 e. The predicted octanol–water partition coefficient (Wildman–Crippen LogP) is 3.03. The van der Waals surface area contributed by atoms with Crippen molar-refractivity contribution in [3.8, 4) is 0 Å². The van der Waals surface area contributed by atoms with Crippen LogP contribution in [0.25, 0.3) is 0 Å². The van der Waals surface area contributed by atoms with E-state index < -0.39 is 0 Å². The highest BCUT2D eigenvalue weighted by atomic mass is 15.2. The fourth-order valence-electron chi connectivity index (χ4n) is 3.43. The van der Waals surface area contributed by atoms with Gasteiger partial charge in [-0.25, -0.2) is 0 Å². The zero-order valence-electron chi connectivity index (χ0n) is 11.8. The lowest BCUT2D eigenvalue weighted by atomic mass is 9.98. The van der Waals surface area contributed by atoms with Gasteiger partial charge in [-0.05, 0) is 38.1 Å². The van der Waals surface area contributed by atoms with Gasteiger partial charge in [0, 0.05) is 25.2 Å². The molecule has 1 atom stereocenters. The third-order valence-electron chi connectivity index (χ3n) is 4.48. The zero-order chi connectivity index (χ0) is 12.1. The van der Waals surface area contributed by atoms with E-state index in [-0.39, 0.29) is 0 Å². The summed E-state index contributed by atoms with van der Waals surface area (Å²) in [5.74, 6) is 1.01.